The fourth-order valence-corrected chi connectivity index (χ4v) is 3.26. The van der Waals surface area contributed by atoms with Crippen molar-refractivity contribution in [1.29, 1.82) is 0 Å². The average Bonchev–Trinajstić information content (AvgIpc) is 2.60. The van der Waals surface area contributed by atoms with Gasteiger partial charge in [-0.05, 0) is 42.2 Å². The van der Waals surface area contributed by atoms with Gasteiger partial charge in [-0.3, -0.25) is 4.79 Å². The molecule has 0 radical (unpaired) electrons. The third-order valence-electron chi connectivity index (χ3n) is 4.53. The van der Waals surface area contributed by atoms with Crippen molar-refractivity contribution in [2.75, 3.05) is 13.2 Å². The molecule has 1 aliphatic heterocycles. The highest BCUT2D eigenvalue weighted by molar-refractivity contribution is 5.78. The molecule has 1 N–H and O–H groups in total. The van der Waals surface area contributed by atoms with Gasteiger partial charge < -0.3 is 14.8 Å². The molecule has 1 heterocycles. The fraction of sp³-hybridized carbons (Fsp3) is 0.381. The van der Waals surface area contributed by atoms with E-state index in [4.69, 9.17) is 9.47 Å². The van der Waals surface area contributed by atoms with E-state index in [0.717, 1.165) is 23.5 Å². The van der Waals surface area contributed by atoms with E-state index in [2.05, 4.69) is 32.2 Å². The standard InChI is InChI=1S/C21H25NO3/c1-14(2)17-9-8-16(12-15(17)3)25-13-21(23)22-19-10-11-24-20-7-5-4-6-18(19)20/h4-9,12,14,19H,10-11,13H2,1-3H3,(H,22,23)/t19-/m0/s1. The van der Waals surface area contributed by atoms with Crippen molar-refractivity contribution in [3.8, 4) is 11.5 Å². The Labute approximate surface area is 149 Å². The molecular formula is C21H25NO3. The average molecular weight is 339 g/mol. The second-order valence-electron chi connectivity index (χ2n) is 6.76. The van der Waals surface area contributed by atoms with Crippen LogP contribution in [0.2, 0.25) is 0 Å². The van der Waals surface area contributed by atoms with Gasteiger partial charge in [-0.1, -0.05) is 38.1 Å². The van der Waals surface area contributed by atoms with Crippen molar-refractivity contribution >= 4 is 5.91 Å². The predicted octanol–water partition coefficient (Wildman–Crippen LogP) is 4.14. The topological polar surface area (TPSA) is 47.6 Å². The molecular weight excluding hydrogens is 314 g/mol. The summed E-state index contributed by atoms with van der Waals surface area (Å²) >= 11 is 0. The molecule has 0 aliphatic carbocycles. The van der Waals surface area contributed by atoms with Crippen molar-refractivity contribution in [2.45, 2.75) is 39.2 Å². The molecule has 3 rings (SSSR count). The lowest BCUT2D eigenvalue weighted by Gasteiger charge is -2.26. The first-order valence-corrected chi connectivity index (χ1v) is 8.79. The first-order valence-electron chi connectivity index (χ1n) is 8.79. The molecule has 4 heteroatoms. The first-order chi connectivity index (χ1) is 12.0. The molecule has 0 spiro atoms. The number of hydrogen-bond acceptors (Lipinski definition) is 3. The second kappa shape index (κ2) is 7.60. The van der Waals surface area contributed by atoms with Crippen LogP contribution in [0.5, 0.6) is 11.5 Å². The Bertz CT molecular complexity index is 755. The monoisotopic (exact) mass is 339 g/mol. The number of ether oxygens (including phenoxy) is 2. The van der Waals surface area contributed by atoms with E-state index in [0.29, 0.717) is 12.5 Å². The van der Waals surface area contributed by atoms with Crippen LogP contribution >= 0.6 is 0 Å². The summed E-state index contributed by atoms with van der Waals surface area (Å²) in [6.45, 7) is 7.03. The number of nitrogens with one attached hydrogen (secondary N) is 1. The number of fused-ring (bicyclic) bond motifs is 1. The normalized spacial score (nSPS) is 16.1. The minimum Gasteiger partial charge on any atom is -0.493 e. The van der Waals surface area contributed by atoms with Crippen molar-refractivity contribution in [2.24, 2.45) is 0 Å². The summed E-state index contributed by atoms with van der Waals surface area (Å²) in [4.78, 5) is 12.3. The van der Waals surface area contributed by atoms with E-state index in [-0.39, 0.29) is 18.6 Å². The zero-order valence-corrected chi connectivity index (χ0v) is 15.0. The van der Waals surface area contributed by atoms with Crippen molar-refractivity contribution in [3.63, 3.8) is 0 Å². The van der Waals surface area contributed by atoms with Crippen LogP contribution in [-0.4, -0.2) is 19.1 Å². The molecule has 1 amide bonds. The van der Waals surface area contributed by atoms with E-state index in [1.54, 1.807) is 0 Å². The van der Waals surface area contributed by atoms with Crippen molar-refractivity contribution < 1.29 is 14.3 Å². The van der Waals surface area contributed by atoms with Crippen molar-refractivity contribution in [3.05, 3.63) is 59.2 Å². The Morgan fingerprint density at radius 2 is 2.08 bits per heavy atom. The molecule has 0 saturated carbocycles. The molecule has 0 bridgehead atoms. The number of carbonyl (C=O) groups is 1. The van der Waals surface area contributed by atoms with E-state index >= 15 is 0 Å². The summed E-state index contributed by atoms with van der Waals surface area (Å²) in [5.41, 5.74) is 3.51. The fourth-order valence-electron chi connectivity index (χ4n) is 3.26. The van der Waals surface area contributed by atoms with Gasteiger partial charge in [0.1, 0.15) is 11.5 Å². The molecule has 0 saturated heterocycles. The number of hydrogen-bond donors (Lipinski definition) is 1. The van der Waals surface area contributed by atoms with E-state index in [1.807, 2.05) is 36.4 Å². The van der Waals surface area contributed by atoms with E-state index in [9.17, 15) is 4.79 Å². The highest BCUT2D eigenvalue weighted by Gasteiger charge is 2.22. The minimum absolute atomic E-state index is 0.0139. The van der Waals surface area contributed by atoms with Crippen LogP contribution in [0, 0.1) is 6.92 Å². The Morgan fingerprint density at radius 1 is 1.28 bits per heavy atom. The maximum Gasteiger partial charge on any atom is 0.258 e. The highest BCUT2D eigenvalue weighted by Crippen LogP contribution is 2.31. The van der Waals surface area contributed by atoms with Gasteiger partial charge in [-0.15, -0.1) is 0 Å². The van der Waals surface area contributed by atoms with Gasteiger partial charge in [0.05, 0.1) is 12.6 Å². The van der Waals surface area contributed by atoms with Crippen LogP contribution in [0.3, 0.4) is 0 Å². The maximum atomic E-state index is 12.3. The molecule has 25 heavy (non-hydrogen) atoms. The van der Waals surface area contributed by atoms with Gasteiger partial charge in [0.15, 0.2) is 6.61 Å². The molecule has 0 unspecified atom stereocenters. The number of rotatable bonds is 5. The SMILES string of the molecule is Cc1cc(OCC(=O)N[C@H]2CCOc3ccccc32)ccc1C(C)C. The summed E-state index contributed by atoms with van der Waals surface area (Å²) in [6, 6.07) is 13.8. The Morgan fingerprint density at radius 3 is 2.84 bits per heavy atom. The maximum absolute atomic E-state index is 12.3. The van der Waals surface area contributed by atoms with Crippen LogP contribution < -0.4 is 14.8 Å². The van der Waals surface area contributed by atoms with Gasteiger partial charge >= 0.3 is 0 Å². The molecule has 2 aromatic rings. The molecule has 1 aliphatic rings. The van der Waals surface area contributed by atoms with Crippen LogP contribution in [0.15, 0.2) is 42.5 Å². The second-order valence-corrected chi connectivity index (χ2v) is 6.76. The lowest BCUT2D eigenvalue weighted by Crippen LogP contribution is -2.35. The smallest absolute Gasteiger partial charge is 0.258 e. The molecule has 1 atom stereocenters. The van der Waals surface area contributed by atoms with Crippen LogP contribution in [0.25, 0.3) is 0 Å². The van der Waals surface area contributed by atoms with Crippen LogP contribution in [0.4, 0.5) is 0 Å². The van der Waals surface area contributed by atoms with Gasteiger partial charge in [-0.2, -0.15) is 0 Å². The minimum atomic E-state index is -0.118. The summed E-state index contributed by atoms with van der Waals surface area (Å²) < 4.78 is 11.3. The number of carbonyl (C=O) groups excluding carboxylic acids is 1. The Kier molecular flexibility index (Phi) is 5.27. The van der Waals surface area contributed by atoms with E-state index in [1.165, 1.54) is 11.1 Å². The third kappa shape index (κ3) is 4.13. The number of benzene rings is 2. The number of para-hydroxylation sites is 1. The lowest BCUT2D eigenvalue weighted by atomic mass is 9.98. The highest BCUT2D eigenvalue weighted by atomic mass is 16.5. The van der Waals surface area contributed by atoms with Crippen LogP contribution in [0.1, 0.15) is 48.9 Å². The molecule has 0 fully saturated rings. The van der Waals surface area contributed by atoms with E-state index < -0.39 is 0 Å². The van der Waals surface area contributed by atoms with Gasteiger partial charge in [0.2, 0.25) is 0 Å². The summed E-state index contributed by atoms with van der Waals surface area (Å²) in [6.07, 6.45) is 0.769. The summed E-state index contributed by atoms with van der Waals surface area (Å²) in [5.74, 6) is 1.93. The van der Waals surface area contributed by atoms with Gasteiger partial charge in [0, 0.05) is 12.0 Å². The molecule has 2 aromatic carbocycles. The predicted molar refractivity (Wildman–Crippen MR) is 98.2 cm³/mol. The summed E-state index contributed by atoms with van der Waals surface area (Å²) in [5, 5.41) is 3.05. The quantitative estimate of drug-likeness (QED) is 0.891. The number of aryl methyl sites for hydroxylation is 1. The van der Waals surface area contributed by atoms with Gasteiger partial charge in [-0.25, -0.2) is 0 Å². The lowest BCUT2D eigenvalue weighted by molar-refractivity contribution is -0.124. The molecule has 0 aromatic heterocycles. The Hall–Kier alpha value is -2.49. The van der Waals surface area contributed by atoms with Crippen molar-refractivity contribution in [1.82, 2.24) is 5.32 Å². The largest absolute Gasteiger partial charge is 0.493 e. The molecule has 4 nitrogen and oxygen atoms in total. The molecule has 132 valence electrons. The third-order valence-corrected chi connectivity index (χ3v) is 4.53. The zero-order valence-electron chi connectivity index (χ0n) is 15.0. The van der Waals surface area contributed by atoms with Crippen LogP contribution in [-0.2, 0) is 4.79 Å². The number of amides is 1. The van der Waals surface area contributed by atoms with Gasteiger partial charge in [0.25, 0.3) is 5.91 Å². The Balaban J connectivity index is 1.58. The summed E-state index contributed by atoms with van der Waals surface area (Å²) in [7, 11) is 0. The zero-order chi connectivity index (χ0) is 17.8. The first kappa shape index (κ1) is 17.3.